The van der Waals surface area contributed by atoms with Gasteiger partial charge in [0.05, 0.1) is 18.8 Å². The van der Waals surface area contributed by atoms with Crippen LogP contribution in [-0.4, -0.2) is 59.5 Å². The van der Waals surface area contributed by atoms with Crippen LogP contribution < -0.4 is 5.32 Å². The number of carbonyl (C=O) groups excluding carboxylic acids is 2. The van der Waals surface area contributed by atoms with Crippen molar-refractivity contribution in [2.75, 3.05) is 32.7 Å². The van der Waals surface area contributed by atoms with Crippen LogP contribution in [0.1, 0.15) is 21.8 Å². The van der Waals surface area contributed by atoms with E-state index in [2.05, 4.69) is 15.4 Å². The molecule has 0 radical (unpaired) electrons. The third-order valence-electron chi connectivity index (χ3n) is 4.22. The van der Waals surface area contributed by atoms with Crippen molar-refractivity contribution in [3.63, 3.8) is 0 Å². The Morgan fingerprint density at radius 2 is 1.88 bits per heavy atom. The van der Waals surface area contributed by atoms with Gasteiger partial charge < -0.3 is 14.7 Å². The Morgan fingerprint density at radius 3 is 2.52 bits per heavy atom. The van der Waals surface area contributed by atoms with Crippen molar-refractivity contribution in [1.82, 2.24) is 20.3 Å². The van der Waals surface area contributed by atoms with Gasteiger partial charge in [-0.15, -0.1) is 0 Å². The quantitative estimate of drug-likeness (QED) is 0.879. The lowest BCUT2D eigenvalue weighted by atomic mass is 10.2. The number of nitrogens with zero attached hydrogens (tertiary/aromatic N) is 3. The Kier molecular flexibility index (Phi) is 5.45. The highest BCUT2D eigenvalue weighted by molar-refractivity contribution is 5.96. The number of hydrogen-bond donors (Lipinski definition) is 1. The molecule has 0 aliphatic carbocycles. The Bertz CT molecular complexity index is 721. The topological polar surface area (TPSA) is 78.7 Å². The van der Waals surface area contributed by atoms with Gasteiger partial charge in [-0.25, -0.2) is 0 Å². The molecule has 2 aromatic rings. The summed E-state index contributed by atoms with van der Waals surface area (Å²) in [5.41, 5.74) is 1.43. The van der Waals surface area contributed by atoms with Crippen LogP contribution in [0.3, 0.4) is 0 Å². The first-order valence-corrected chi connectivity index (χ1v) is 8.37. The van der Waals surface area contributed by atoms with E-state index in [1.165, 1.54) is 0 Å². The summed E-state index contributed by atoms with van der Waals surface area (Å²) < 4.78 is 5.23. The summed E-state index contributed by atoms with van der Waals surface area (Å²) in [5, 5.41) is 6.57. The summed E-state index contributed by atoms with van der Waals surface area (Å²) in [6.07, 6.45) is 0. The molecule has 7 nitrogen and oxygen atoms in total. The second kappa shape index (κ2) is 7.94. The molecule has 0 bridgehead atoms. The highest BCUT2D eigenvalue weighted by Gasteiger charge is 2.22. The average Bonchev–Trinajstić information content (AvgIpc) is 3.05. The number of hydrogen-bond acceptors (Lipinski definition) is 5. The molecule has 1 aliphatic rings. The molecule has 1 saturated heterocycles. The van der Waals surface area contributed by atoms with E-state index >= 15 is 0 Å². The fourth-order valence-electron chi connectivity index (χ4n) is 2.83. The first-order valence-electron chi connectivity index (χ1n) is 8.37. The van der Waals surface area contributed by atoms with E-state index in [1.807, 2.05) is 19.1 Å². The third kappa shape index (κ3) is 4.67. The number of aromatic nitrogens is 1. The zero-order chi connectivity index (χ0) is 17.6. The van der Waals surface area contributed by atoms with Crippen LogP contribution in [0, 0.1) is 6.92 Å². The van der Waals surface area contributed by atoms with Crippen LogP contribution in [0.2, 0.25) is 0 Å². The van der Waals surface area contributed by atoms with E-state index in [-0.39, 0.29) is 18.4 Å². The molecule has 7 heteroatoms. The first-order chi connectivity index (χ1) is 12.1. The number of amides is 2. The lowest BCUT2D eigenvalue weighted by Crippen LogP contribution is -2.50. The number of benzene rings is 1. The van der Waals surface area contributed by atoms with Gasteiger partial charge in [0.2, 0.25) is 5.91 Å². The molecule has 0 unspecified atom stereocenters. The SMILES string of the molecule is Cc1cc(CN2CCN(C(=O)CNC(=O)c3ccccc3)CC2)on1. The van der Waals surface area contributed by atoms with E-state index in [9.17, 15) is 9.59 Å². The molecule has 2 amide bonds. The number of nitrogens with one attached hydrogen (secondary N) is 1. The van der Waals surface area contributed by atoms with Gasteiger partial charge in [-0.3, -0.25) is 14.5 Å². The largest absolute Gasteiger partial charge is 0.360 e. The van der Waals surface area contributed by atoms with Gasteiger partial charge in [0, 0.05) is 37.8 Å². The highest BCUT2D eigenvalue weighted by atomic mass is 16.5. The molecule has 0 spiro atoms. The van der Waals surface area contributed by atoms with Crippen LogP contribution in [0.15, 0.2) is 40.9 Å². The van der Waals surface area contributed by atoms with Gasteiger partial charge in [-0.05, 0) is 19.1 Å². The second-order valence-corrected chi connectivity index (χ2v) is 6.14. The first kappa shape index (κ1) is 17.2. The fourth-order valence-corrected chi connectivity index (χ4v) is 2.83. The van der Waals surface area contributed by atoms with E-state index in [0.29, 0.717) is 25.2 Å². The van der Waals surface area contributed by atoms with E-state index in [0.717, 1.165) is 24.5 Å². The van der Waals surface area contributed by atoms with Crippen molar-refractivity contribution in [2.24, 2.45) is 0 Å². The number of aryl methyl sites for hydroxylation is 1. The fraction of sp³-hybridized carbons (Fsp3) is 0.389. The minimum absolute atomic E-state index is 0.0228. The zero-order valence-electron chi connectivity index (χ0n) is 14.3. The van der Waals surface area contributed by atoms with Gasteiger partial charge in [0.25, 0.3) is 5.91 Å². The van der Waals surface area contributed by atoms with Crippen LogP contribution in [0.5, 0.6) is 0 Å². The van der Waals surface area contributed by atoms with Gasteiger partial charge >= 0.3 is 0 Å². The Hall–Kier alpha value is -2.67. The summed E-state index contributed by atoms with van der Waals surface area (Å²) >= 11 is 0. The maximum atomic E-state index is 12.3. The number of rotatable bonds is 5. The molecular formula is C18H22N4O3. The van der Waals surface area contributed by atoms with Gasteiger partial charge in [0.1, 0.15) is 0 Å². The predicted octanol–water partition coefficient (Wildman–Crippen LogP) is 1.06. The molecule has 3 rings (SSSR count). The van der Waals surface area contributed by atoms with Crippen molar-refractivity contribution in [3.05, 3.63) is 53.4 Å². The molecule has 25 heavy (non-hydrogen) atoms. The van der Waals surface area contributed by atoms with Crippen molar-refractivity contribution in [3.8, 4) is 0 Å². The van der Waals surface area contributed by atoms with Crippen LogP contribution in [0.4, 0.5) is 0 Å². The number of piperazine rings is 1. The Morgan fingerprint density at radius 1 is 1.16 bits per heavy atom. The summed E-state index contributed by atoms with van der Waals surface area (Å²) in [7, 11) is 0. The molecule has 0 saturated carbocycles. The van der Waals surface area contributed by atoms with Crippen molar-refractivity contribution in [2.45, 2.75) is 13.5 Å². The standard InChI is InChI=1S/C18H22N4O3/c1-14-11-16(25-20-14)13-21-7-9-22(10-8-21)17(23)12-19-18(24)15-5-3-2-4-6-15/h2-6,11H,7-10,12-13H2,1H3,(H,19,24). The normalized spacial score (nSPS) is 15.2. The van der Waals surface area contributed by atoms with Gasteiger partial charge in [0.15, 0.2) is 5.76 Å². The summed E-state index contributed by atoms with van der Waals surface area (Å²) in [4.78, 5) is 28.3. The monoisotopic (exact) mass is 342 g/mol. The molecule has 1 aromatic carbocycles. The molecule has 1 aliphatic heterocycles. The molecule has 1 aromatic heterocycles. The Balaban J connectivity index is 1.41. The lowest BCUT2D eigenvalue weighted by molar-refractivity contribution is -0.131. The highest BCUT2D eigenvalue weighted by Crippen LogP contribution is 2.09. The van der Waals surface area contributed by atoms with Gasteiger partial charge in [-0.1, -0.05) is 23.4 Å². The molecule has 0 atom stereocenters. The molecule has 132 valence electrons. The van der Waals surface area contributed by atoms with Crippen LogP contribution in [-0.2, 0) is 11.3 Å². The second-order valence-electron chi connectivity index (χ2n) is 6.14. The molecule has 1 fully saturated rings. The van der Waals surface area contributed by atoms with E-state index in [1.54, 1.807) is 29.2 Å². The summed E-state index contributed by atoms with van der Waals surface area (Å²) in [5.74, 6) is 0.556. The van der Waals surface area contributed by atoms with Crippen molar-refractivity contribution in [1.29, 1.82) is 0 Å². The lowest BCUT2D eigenvalue weighted by Gasteiger charge is -2.34. The van der Waals surface area contributed by atoms with Gasteiger partial charge in [-0.2, -0.15) is 0 Å². The Labute approximate surface area is 146 Å². The average molecular weight is 342 g/mol. The van der Waals surface area contributed by atoms with Crippen molar-refractivity contribution < 1.29 is 14.1 Å². The molecular weight excluding hydrogens is 320 g/mol. The van der Waals surface area contributed by atoms with Crippen molar-refractivity contribution >= 4 is 11.8 Å². The van der Waals surface area contributed by atoms with Crippen LogP contribution >= 0.6 is 0 Å². The smallest absolute Gasteiger partial charge is 0.251 e. The predicted molar refractivity (Wildman–Crippen MR) is 91.9 cm³/mol. The summed E-state index contributed by atoms with van der Waals surface area (Å²) in [6, 6.07) is 10.8. The minimum Gasteiger partial charge on any atom is -0.360 e. The number of carbonyl (C=O) groups is 2. The minimum atomic E-state index is -0.228. The van der Waals surface area contributed by atoms with Crippen LogP contribution in [0.25, 0.3) is 0 Å². The molecule has 2 heterocycles. The van der Waals surface area contributed by atoms with E-state index in [4.69, 9.17) is 4.52 Å². The maximum absolute atomic E-state index is 12.3. The maximum Gasteiger partial charge on any atom is 0.251 e. The third-order valence-corrected chi connectivity index (χ3v) is 4.22. The molecule has 1 N–H and O–H groups in total. The zero-order valence-corrected chi connectivity index (χ0v) is 14.3. The summed E-state index contributed by atoms with van der Waals surface area (Å²) in [6.45, 7) is 5.46. The van der Waals surface area contributed by atoms with E-state index < -0.39 is 0 Å².